The predicted octanol–water partition coefficient (Wildman–Crippen LogP) is -0.157. The highest BCUT2D eigenvalue weighted by Gasteiger charge is 1.94. The van der Waals surface area contributed by atoms with E-state index in [-0.39, 0.29) is 6.23 Å². The van der Waals surface area contributed by atoms with Crippen LogP contribution in [0.3, 0.4) is 0 Å². The van der Waals surface area contributed by atoms with Gasteiger partial charge in [-0.3, -0.25) is 10.7 Å². The third-order valence-corrected chi connectivity index (χ3v) is 0.616. The van der Waals surface area contributed by atoms with Crippen molar-refractivity contribution in [2.45, 2.75) is 6.23 Å². The minimum absolute atomic E-state index is 0.343. The topological polar surface area (TPSA) is 47.6 Å². The lowest BCUT2D eigenvalue weighted by molar-refractivity contribution is 0.209. The predicted molar refractivity (Wildman–Crippen MR) is 26.7 cm³/mol. The number of hydrogen-bond donors (Lipinski definition) is 1. The minimum atomic E-state index is -0.343. The summed E-state index contributed by atoms with van der Waals surface area (Å²) in [5.41, 5.74) is 5.21. The zero-order valence-corrected chi connectivity index (χ0v) is 3.74. The fourth-order valence-electron chi connectivity index (χ4n) is 0.331. The van der Waals surface area contributed by atoms with E-state index in [0.29, 0.717) is 0 Å². The Bertz CT molecular complexity index is 108. The summed E-state index contributed by atoms with van der Waals surface area (Å²) in [4.78, 5) is 3.70. The van der Waals surface area contributed by atoms with Crippen molar-refractivity contribution in [3.8, 4) is 0 Å². The second-order valence-electron chi connectivity index (χ2n) is 1.18. The summed E-state index contributed by atoms with van der Waals surface area (Å²) in [6, 6.07) is 0. The van der Waals surface area contributed by atoms with E-state index in [0.717, 1.165) is 0 Å². The van der Waals surface area contributed by atoms with Gasteiger partial charge in [0.15, 0.2) is 6.23 Å². The normalized spacial score (nSPS) is 27.3. The quantitative estimate of drug-likeness (QED) is 0.457. The summed E-state index contributed by atoms with van der Waals surface area (Å²) >= 11 is 0. The van der Waals surface area contributed by atoms with Crippen molar-refractivity contribution in [2.75, 3.05) is 0 Å². The maximum Gasteiger partial charge on any atom is 0.183 e. The van der Waals surface area contributed by atoms with Gasteiger partial charge < -0.3 is 4.74 Å². The lowest BCUT2D eigenvalue weighted by Crippen LogP contribution is -2.24. The van der Waals surface area contributed by atoms with E-state index in [1.54, 1.807) is 6.20 Å². The average Bonchev–Trinajstić information content (AvgIpc) is 1.69. The molecule has 0 fully saturated rings. The largest absolute Gasteiger partial charge is 0.476 e. The summed E-state index contributed by atoms with van der Waals surface area (Å²) in [5, 5.41) is 0. The fraction of sp³-hybridized carbons (Fsp3) is 0.250. The summed E-state index contributed by atoms with van der Waals surface area (Å²) in [5.74, 6) is 0. The molecule has 0 aromatic heterocycles. The van der Waals surface area contributed by atoms with Gasteiger partial charge in [-0.2, -0.15) is 0 Å². The molecule has 3 nitrogen and oxygen atoms in total. The van der Waals surface area contributed by atoms with E-state index in [1.165, 1.54) is 12.5 Å². The Morgan fingerprint density at radius 2 is 2.57 bits per heavy atom. The van der Waals surface area contributed by atoms with E-state index in [1.807, 2.05) is 0 Å². The van der Waals surface area contributed by atoms with Gasteiger partial charge in [-0.1, -0.05) is 0 Å². The molecule has 0 saturated carbocycles. The Kier molecular flexibility index (Phi) is 1.08. The zero-order chi connectivity index (χ0) is 5.11. The minimum Gasteiger partial charge on any atom is -0.476 e. The molecular formula is C4H6N2O. The molecule has 38 valence electrons. The standard InChI is InChI=1S/C4H6N2O/c5-4-3-6-1-2-7-4/h1-4H,5H2. The highest BCUT2D eigenvalue weighted by Crippen LogP contribution is 1.88. The van der Waals surface area contributed by atoms with Gasteiger partial charge in [-0.25, -0.2) is 0 Å². The van der Waals surface area contributed by atoms with E-state index in [4.69, 9.17) is 10.5 Å². The Hall–Kier alpha value is -0.830. The molecule has 0 saturated heterocycles. The van der Waals surface area contributed by atoms with Crippen molar-refractivity contribution in [2.24, 2.45) is 10.7 Å². The van der Waals surface area contributed by atoms with Gasteiger partial charge in [0.05, 0.1) is 12.4 Å². The Morgan fingerprint density at radius 1 is 1.71 bits per heavy atom. The molecule has 0 aliphatic carbocycles. The summed E-state index contributed by atoms with van der Waals surface area (Å²) in [6.45, 7) is 0. The number of nitrogens with zero attached hydrogens (tertiary/aromatic N) is 1. The third-order valence-electron chi connectivity index (χ3n) is 0.616. The van der Waals surface area contributed by atoms with Crippen molar-refractivity contribution in [3.05, 3.63) is 12.5 Å². The van der Waals surface area contributed by atoms with Gasteiger partial charge >= 0.3 is 0 Å². The van der Waals surface area contributed by atoms with Gasteiger partial charge in [0, 0.05) is 0 Å². The van der Waals surface area contributed by atoms with Crippen molar-refractivity contribution < 1.29 is 4.74 Å². The molecule has 0 aromatic rings. The molecule has 7 heavy (non-hydrogen) atoms. The van der Waals surface area contributed by atoms with E-state index in [2.05, 4.69) is 4.99 Å². The molecule has 1 rings (SSSR count). The first-order valence-electron chi connectivity index (χ1n) is 1.99. The molecule has 1 heterocycles. The fourth-order valence-corrected chi connectivity index (χ4v) is 0.331. The van der Waals surface area contributed by atoms with Crippen molar-refractivity contribution in [1.82, 2.24) is 0 Å². The second kappa shape index (κ2) is 1.75. The summed E-state index contributed by atoms with van der Waals surface area (Å²) in [7, 11) is 0. The third kappa shape index (κ3) is 1.01. The molecule has 1 aliphatic rings. The average molecular weight is 98.1 g/mol. The van der Waals surface area contributed by atoms with Crippen molar-refractivity contribution in [3.63, 3.8) is 0 Å². The van der Waals surface area contributed by atoms with Crippen molar-refractivity contribution >= 4 is 6.21 Å². The molecule has 1 aliphatic heterocycles. The number of ether oxygens (including phenoxy) is 1. The SMILES string of the molecule is NC1C=NC=CO1. The van der Waals surface area contributed by atoms with Crippen LogP contribution in [0.2, 0.25) is 0 Å². The Balaban J connectivity index is 2.49. The van der Waals surface area contributed by atoms with Crippen LogP contribution < -0.4 is 5.73 Å². The lowest BCUT2D eigenvalue weighted by atomic mass is 10.6. The van der Waals surface area contributed by atoms with Crippen LogP contribution >= 0.6 is 0 Å². The van der Waals surface area contributed by atoms with E-state index in [9.17, 15) is 0 Å². The molecule has 1 atom stereocenters. The highest BCUT2D eigenvalue weighted by atomic mass is 16.5. The number of hydrogen-bond acceptors (Lipinski definition) is 3. The maximum absolute atomic E-state index is 5.21. The summed E-state index contributed by atoms with van der Waals surface area (Å²) < 4.78 is 4.73. The van der Waals surface area contributed by atoms with Crippen LogP contribution in [0, 0.1) is 0 Å². The molecule has 0 bridgehead atoms. The van der Waals surface area contributed by atoms with Gasteiger partial charge in [0.25, 0.3) is 0 Å². The van der Waals surface area contributed by atoms with Gasteiger partial charge in [-0.15, -0.1) is 0 Å². The molecule has 1 unspecified atom stereocenters. The van der Waals surface area contributed by atoms with Crippen LogP contribution in [0.15, 0.2) is 17.5 Å². The first kappa shape index (κ1) is 4.33. The second-order valence-corrected chi connectivity index (χ2v) is 1.18. The first-order chi connectivity index (χ1) is 3.39. The van der Waals surface area contributed by atoms with Crippen molar-refractivity contribution in [1.29, 1.82) is 0 Å². The molecule has 0 aromatic carbocycles. The van der Waals surface area contributed by atoms with Gasteiger partial charge in [0.1, 0.15) is 6.26 Å². The highest BCUT2D eigenvalue weighted by molar-refractivity contribution is 5.63. The maximum atomic E-state index is 5.21. The number of nitrogens with two attached hydrogens (primary N) is 1. The van der Waals surface area contributed by atoms with E-state index < -0.39 is 0 Å². The smallest absolute Gasteiger partial charge is 0.183 e. The zero-order valence-electron chi connectivity index (χ0n) is 3.74. The molecule has 0 radical (unpaired) electrons. The summed E-state index contributed by atoms with van der Waals surface area (Å²) in [6.07, 6.45) is 4.19. The van der Waals surface area contributed by atoms with Crippen LogP contribution in [-0.2, 0) is 4.74 Å². The van der Waals surface area contributed by atoms with Gasteiger partial charge in [-0.05, 0) is 0 Å². The van der Waals surface area contributed by atoms with Crippen LogP contribution in [0.1, 0.15) is 0 Å². The molecule has 0 spiro atoms. The first-order valence-corrected chi connectivity index (χ1v) is 1.99. The Morgan fingerprint density at radius 3 is 2.86 bits per heavy atom. The number of aliphatic imine (C=N–C) groups is 1. The molecule has 3 heteroatoms. The van der Waals surface area contributed by atoms with Crippen LogP contribution in [0.5, 0.6) is 0 Å². The lowest BCUT2D eigenvalue weighted by Gasteiger charge is -2.05. The van der Waals surface area contributed by atoms with Crippen LogP contribution in [0.25, 0.3) is 0 Å². The number of rotatable bonds is 0. The Labute approximate surface area is 41.5 Å². The monoisotopic (exact) mass is 98.0 g/mol. The molecule has 0 amide bonds. The van der Waals surface area contributed by atoms with E-state index >= 15 is 0 Å². The van der Waals surface area contributed by atoms with Gasteiger partial charge in [0.2, 0.25) is 0 Å². The van der Waals surface area contributed by atoms with Crippen LogP contribution in [0.4, 0.5) is 0 Å². The molecule has 2 N–H and O–H groups in total. The van der Waals surface area contributed by atoms with Crippen LogP contribution in [-0.4, -0.2) is 12.4 Å². The molecular weight excluding hydrogens is 92.1 g/mol.